The van der Waals surface area contributed by atoms with Crippen molar-refractivity contribution in [1.82, 2.24) is 20.0 Å². The van der Waals surface area contributed by atoms with E-state index in [1.54, 1.807) is 12.4 Å². The molecule has 0 aliphatic carbocycles. The summed E-state index contributed by atoms with van der Waals surface area (Å²) in [5.41, 5.74) is 2.04. The summed E-state index contributed by atoms with van der Waals surface area (Å²) in [5.74, 6) is 0.749. The Kier molecular flexibility index (Phi) is 6.08. The fraction of sp³-hybridized carbons (Fsp3) is 0.417. The fourth-order valence-corrected chi connectivity index (χ4v) is 4.46. The molecule has 2 fully saturated rings. The highest BCUT2D eigenvalue weighted by atomic mass is 16.5. The second-order valence-electron chi connectivity index (χ2n) is 8.31. The molecule has 1 unspecified atom stereocenters. The summed E-state index contributed by atoms with van der Waals surface area (Å²) in [4.78, 5) is 4.79. The van der Waals surface area contributed by atoms with Crippen LogP contribution in [0.2, 0.25) is 0 Å². The fourth-order valence-electron chi connectivity index (χ4n) is 4.46. The molecule has 0 radical (unpaired) electrons. The lowest BCUT2D eigenvalue weighted by atomic mass is 9.99. The SMILES string of the molecule is OC(COc1cc(-c2ccnnc2)c2ccccc2c1)CN1CC(N2CCOCC2)C1. The molecule has 2 aliphatic rings. The lowest BCUT2D eigenvalue weighted by Crippen LogP contribution is -2.62. The average molecular weight is 421 g/mol. The Hall–Kier alpha value is -2.58. The first-order valence-corrected chi connectivity index (χ1v) is 10.9. The van der Waals surface area contributed by atoms with Crippen LogP contribution in [0.4, 0.5) is 0 Å². The smallest absolute Gasteiger partial charge is 0.120 e. The minimum absolute atomic E-state index is 0.269. The maximum absolute atomic E-state index is 10.5. The van der Waals surface area contributed by atoms with Crippen LogP contribution in [0.5, 0.6) is 5.75 Å². The number of β-amino-alcohol motifs (C(OH)–C–C–N with tert-alkyl or cyclic N) is 1. The Morgan fingerprint density at radius 2 is 1.94 bits per heavy atom. The van der Waals surface area contributed by atoms with Crippen molar-refractivity contribution < 1.29 is 14.6 Å². The van der Waals surface area contributed by atoms with Gasteiger partial charge in [0.05, 0.1) is 25.6 Å². The van der Waals surface area contributed by atoms with Crippen LogP contribution in [-0.4, -0.2) is 89.8 Å². The molecule has 5 rings (SSSR count). The number of aromatic nitrogens is 2. The summed E-state index contributed by atoms with van der Waals surface area (Å²) in [6.07, 6.45) is 2.93. The molecule has 0 amide bonds. The van der Waals surface area contributed by atoms with Gasteiger partial charge in [0, 0.05) is 44.3 Å². The van der Waals surface area contributed by atoms with Gasteiger partial charge in [0.2, 0.25) is 0 Å². The third-order valence-corrected chi connectivity index (χ3v) is 6.14. The monoisotopic (exact) mass is 420 g/mol. The highest BCUT2D eigenvalue weighted by Crippen LogP contribution is 2.32. The zero-order valence-corrected chi connectivity index (χ0v) is 17.6. The molecule has 3 aromatic rings. The van der Waals surface area contributed by atoms with Crippen molar-refractivity contribution >= 4 is 10.8 Å². The first-order valence-electron chi connectivity index (χ1n) is 10.9. The number of fused-ring (bicyclic) bond motifs is 1. The Morgan fingerprint density at radius 3 is 2.74 bits per heavy atom. The summed E-state index contributed by atoms with van der Waals surface area (Å²) in [5, 5.41) is 20.6. The van der Waals surface area contributed by atoms with E-state index in [2.05, 4.69) is 32.1 Å². The highest BCUT2D eigenvalue weighted by Gasteiger charge is 2.33. The van der Waals surface area contributed by atoms with Gasteiger partial charge < -0.3 is 14.6 Å². The van der Waals surface area contributed by atoms with Crippen LogP contribution >= 0.6 is 0 Å². The summed E-state index contributed by atoms with van der Waals surface area (Å²) in [6, 6.07) is 14.8. The van der Waals surface area contributed by atoms with Crippen molar-refractivity contribution in [1.29, 1.82) is 0 Å². The van der Waals surface area contributed by atoms with Crippen molar-refractivity contribution in [3.63, 3.8) is 0 Å². The largest absolute Gasteiger partial charge is 0.491 e. The quantitative estimate of drug-likeness (QED) is 0.627. The van der Waals surface area contributed by atoms with E-state index >= 15 is 0 Å². The van der Waals surface area contributed by atoms with E-state index < -0.39 is 6.10 Å². The second-order valence-corrected chi connectivity index (χ2v) is 8.31. The molecular formula is C24H28N4O3. The number of hydrogen-bond donors (Lipinski definition) is 1. The van der Waals surface area contributed by atoms with Gasteiger partial charge in [-0.1, -0.05) is 24.3 Å². The molecule has 0 spiro atoms. The molecule has 1 N–H and O–H groups in total. The van der Waals surface area contributed by atoms with Crippen LogP contribution in [0, 0.1) is 0 Å². The maximum atomic E-state index is 10.5. The van der Waals surface area contributed by atoms with Gasteiger partial charge >= 0.3 is 0 Å². The van der Waals surface area contributed by atoms with Crippen molar-refractivity contribution in [3.8, 4) is 16.9 Å². The lowest BCUT2D eigenvalue weighted by molar-refractivity contribution is -0.0461. The molecule has 3 heterocycles. The molecule has 1 atom stereocenters. The van der Waals surface area contributed by atoms with Gasteiger partial charge in [-0.3, -0.25) is 9.80 Å². The van der Waals surface area contributed by atoms with E-state index in [4.69, 9.17) is 9.47 Å². The van der Waals surface area contributed by atoms with Crippen LogP contribution in [-0.2, 0) is 4.74 Å². The predicted octanol–water partition coefficient (Wildman–Crippen LogP) is 2.05. The third kappa shape index (κ3) is 4.70. The van der Waals surface area contributed by atoms with E-state index in [0.29, 0.717) is 12.6 Å². The molecule has 31 heavy (non-hydrogen) atoms. The molecule has 2 saturated heterocycles. The molecular weight excluding hydrogens is 392 g/mol. The number of aliphatic hydroxyl groups excluding tert-OH is 1. The maximum Gasteiger partial charge on any atom is 0.120 e. The van der Waals surface area contributed by atoms with Crippen molar-refractivity contribution in [2.75, 3.05) is 52.5 Å². The number of nitrogens with zero attached hydrogens (tertiary/aromatic N) is 4. The molecule has 0 bridgehead atoms. The van der Waals surface area contributed by atoms with Crippen LogP contribution < -0.4 is 4.74 Å². The third-order valence-electron chi connectivity index (χ3n) is 6.14. The van der Waals surface area contributed by atoms with Gasteiger partial charge in [-0.25, -0.2) is 0 Å². The van der Waals surface area contributed by atoms with Crippen molar-refractivity contribution in [2.24, 2.45) is 0 Å². The molecule has 162 valence electrons. The number of ether oxygens (including phenoxy) is 2. The molecule has 0 saturated carbocycles. The normalized spacial score (nSPS) is 19.3. The van der Waals surface area contributed by atoms with Gasteiger partial charge in [-0.15, -0.1) is 0 Å². The average Bonchev–Trinajstić information content (AvgIpc) is 2.80. The number of benzene rings is 2. The molecule has 7 nitrogen and oxygen atoms in total. The van der Waals surface area contributed by atoms with Gasteiger partial charge in [0.1, 0.15) is 18.5 Å². The minimum Gasteiger partial charge on any atom is -0.491 e. The van der Waals surface area contributed by atoms with E-state index in [0.717, 1.165) is 67.0 Å². The van der Waals surface area contributed by atoms with Crippen LogP contribution in [0.15, 0.2) is 54.9 Å². The molecule has 2 aliphatic heterocycles. The van der Waals surface area contributed by atoms with E-state index in [1.165, 1.54) is 0 Å². The first-order chi connectivity index (χ1) is 15.3. The highest BCUT2D eigenvalue weighted by molar-refractivity contribution is 5.97. The standard InChI is InChI=1S/C24H28N4O3/c29-21(16-27-14-20(15-27)28-7-9-30-10-8-28)17-31-22-11-18-3-1-2-4-23(18)24(12-22)19-5-6-25-26-13-19/h1-6,11-13,20-21,29H,7-10,14-17H2. The Morgan fingerprint density at radius 1 is 1.10 bits per heavy atom. The zero-order valence-electron chi connectivity index (χ0n) is 17.6. The van der Waals surface area contributed by atoms with E-state index in [9.17, 15) is 5.11 Å². The van der Waals surface area contributed by atoms with Gasteiger partial charge in [0.25, 0.3) is 0 Å². The first kappa shape index (κ1) is 20.3. The second kappa shape index (κ2) is 9.28. The summed E-state index contributed by atoms with van der Waals surface area (Å²) >= 11 is 0. The Balaban J connectivity index is 1.20. The Labute approximate surface area is 182 Å². The Bertz CT molecular complexity index is 1000. The minimum atomic E-state index is -0.525. The van der Waals surface area contributed by atoms with Crippen molar-refractivity contribution in [2.45, 2.75) is 12.1 Å². The number of hydrogen-bond acceptors (Lipinski definition) is 7. The topological polar surface area (TPSA) is 71.0 Å². The molecule has 1 aromatic heterocycles. The van der Waals surface area contributed by atoms with Crippen LogP contribution in [0.25, 0.3) is 21.9 Å². The van der Waals surface area contributed by atoms with Crippen LogP contribution in [0.3, 0.4) is 0 Å². The van der Waals surface area contributed by atoms with E-state index in [-0.39, 0.29) is 6.61 Å². The number of morpholine rings is 1. The van der Waals surface area contributed by atoms with Crippen LogP contribution in [0.1, 0.15) is 0 Å². The number of aliphatic hydroxyl groups is 1. The molecule has 7 heteroatoms. The summed E-state index contributed by atoms with van der Waals surface area (Å²) in [6.45, 7) is 6.61. The predicted molar refractivity (Wildman–Crippen MR) is 119 cm³/mol. The zero-order chi connectivity index (χ0) is 21.0. The lowest BCUT2D eigenvalue weighted by Gasteiger charge is -2.47. The molecule has 2 aromatic carbocycles. The summed E-state index contributed by atoms with van der Waals surface area (Å²) in [7, 11) is 0. The van der Waals surface area contributed by atoms with Crippen molar-refractivity contribution in [3.05, 3.63) is 54.9 Å². The van der Waals surface area contributed by atoms with Gasteiger partial charge in [-0.2, -0.15) is 10.2 Å². The number of likely N-dealkylation sites (tertiary alicyclic amines) is 1. The summed E-state index contributed by atoms with van der Waals surface area (Å²) < 4.78 is 11.4. The van der Waals surface area contributed by atoms with E-state index in [1.807, 2.05) is 30.3 Å². The van der Waals surface area contributed by atoms with Gasteiger partial charge in [-0.05, 0) is 34.5 Å². The van der Waals surface area contributed by atoms with Gasteiger partial charge in [0.15, 0.2) is 0 Å². The number of rotatable bonds is 7.